The number of hydrogen-bond donors (Lipinski definition) is 1. The van der Waals surface area contributed by atoms with Crippen LogP contribution < -0.4 is 4.90 Å². The maximum atomic E-state index is 10.2. The molecule has 25 heavy (non-hydrogen) atoms. The molecular formula is C20H29ClN2O2. The summed E-state index contributed by atoms with van der Waals surface area (Å²) in [5, 5.41) is 11.0. The third-order valence-electron chi connectivity index (χ3n) is 4.55. The van der Waals surface area contributed by atoms with Crippen LogP contribution in [0.3, 0.4) is 0 Å². The molecule has 0 unspecified atom stereocenters. The van der Waals surface area contributed by atoms with E-state index in [1.807, 2.05) is 26.0 Å². The number of rotatable bonds is 7. The minimum Gasteiger partial charge on any atom is -0.389 e. The Hall–Kier alpha value is -1.25. The summed E-state index contributed by atoms with van der Waals surface area (Å²) in [4.78, 5) is 4.63. The van der Waals surface area contributed by atoms with Crippen molar-refractivity contribution in [1.82, 2.24) is 4.90 Å². The molecule has 0 radical (unpaired) electrons. The second-order valence-corrected chi connectivity index (χ2v) is 7.76. The molecular weight excluding hydrogens is 336 g/mol. The predicted molar refractivity (Wildman–Crippen MR) is 104 cm³/mol. The fourth-order valence-electron chi connectivity index (χ4n) is 3.06. The monoisotopic (exact) mass is 364 g/mol. The third kappa shape index (κ3) is 6.20. The molecule has 1 aromatic rings. The zero-order chi connectivity index (χ0) is 18.4. The van der Waals surface area contributed by atoms with Gasteiger partial charge in [-0.3, -0.25) is 4.90 Å². The summed E-state index contributed by atoms with van der Waals surface area (Å²) in [6.07, 6.45) is 5.37. The number of halogens is 1. The molecule has 1 aliphatic heterocycles. The molecule has 1 heterocycles. The maximum Gasteiger partial charge on any atom is 0.0900 e. The fourth-order valence-corrected chi connectivity index (χ4v) is 3.23. The standard InChI is InChI=1S/C20H29ClN2O2/c1-5-8-20(3,4)25-15-18(24)14-22-9-11-23(12-10-22)19-13-17(21)7-6-16(19)2/h1,6-7,13,18,24H,8-12,14-15H2,2-4H3/t18-/m1/s1. The van der Waals surface area contributed by atoms with Gasteiger partial charge in [-0.25, -0.2) is 0 Å². The number of aryl methyl sites for hydroxylation is 1. The molecule has 1 saturated heterocycles. The van der Waals surface area contributed by atoms with Crippen molar-refractivity contribution in [3.05, 3.63) is 28.8 Å². The number of hydrogen-bond acceptors (Lipinski definition) is 4. The van der Waals surface area contributed by atoms with Gasteiger partial charge in [-0.2, -0.15) is 0 Å². The van der Waals surface area contributed by atoms with Crippen LogP contribution in [-0.4, -0.2) is 61.0 Å². The van der Waals surface area contributed by atoms with Crippen LogP contribution in [0.1, 0.15) is 25.8 Å². The zero-order valence-electron chi connectivity index (χ0n) is 15.5. The van der Waals surface area contributed by atoms with E-state index in [9.17, 15) is 5.11 Å². The van der Waals surface area contributed by atoms with Gasteiger partial charge >= 0.3 is 0 Å². The van der Waals surface area contributed by atoms with Crippen LogP contribution >= 0.6 is 11.6 Å². The van der Waals surface area contributed by atoms with Crippen LogP contribution in [0.4, 0.5) is 5.69 Å². The molecule has 1 fully saturated rings. The number of nitrogens with zero attached hydrogens (tertiary/aromatic N) is 2. The number of aliphatic hydroxyl groups is 1. The van der Waals surface area contributed by atoms with Gasteiger partial charge in [0.1, 0.15) is 0 Å². The van der Waals surface area contributed by atoms with E-state index in [-0.39, 0.29) is 0 Å². The number of benzene rings is 1. The van der Waals surface area contributed by atoms with Crippen LogP contribution in [0.5, 0.6) is 0 Å². The van der Waals surface area contributed by atoms with E-state index < -0.39 is 11.7 Å². The smallest absolute Gasteiger partial charge is 0.0900 e. The zero-order valence-corrected chi connectivity index (χ0v) is 16.2. The Balaban J connectivity index is 1.78. The topological polar surface area (TPSA) is 35.9 Å². The Bertz CT molecular complexity index is 604. The summed E-state index contributed by atoms with van der Waals surface area (Å²) < 4.78 is 5.75. The van der Waals surface area contributed by atoms with Crippen molar-refractivity contribution in [3.63, 3.8) is 0 Å². The van der Waals surface area contributed by atoms with Gasteiger partial charge in [0.05, 0.1) is 18.3 Å². The molecule has 4 nitrogen and oxygen atoms in total. The van der Waals surface area contributed by atoms with Gasteiger partial charge in [-0.15, -0.1) is 12.3 Å². The summed E-state index contributed by atoms with van der Waals surface area (Å²) in [5.74, 6) is 2.61. The van der Waals surface area contributed by atoms with Crippen LogP contribution in [0.25, 0.3) is 0 Å². The van der Waals surface area contributed by atoms with Crippen LogP contribution in [0.2, 0.25) is 5.02 Å². The first-order valence-electron chi connectivity index (χ1n) is 8.80. The van der Waals surface area contributed by atoms with Gasteiger partial charge in [0, 0.05) is 49.9 Å². The molecule has 1 N–H and O–H groups in total. The van der Waals surface area contributed by atoms with Crippen LogP contribution in [-0.2, 0) is 4.74 Å². The summed E-state index contributed by atoms with van der Waals surface area (Å²) in [6.45, 7) is 10.6. The summed E-state index contributed by atoms with van der Waals surface area (Å²) >= 11 is 6.13. The molecule has 0 spiro atoms. The number of piperazine rings is 1. The maximum absolute atomic E-state index is 10.2. The molecule has 0 amide bonds. The van der Waals surface area contributed by atoms with E-state index in [0.29, 0.717) is 19.6 Å². The van der Waals surface area contributed by atoms with Crippen molar-refractivity contribution in [1.29, 1.82) is 0 Å². The first kappa shape index (κ1) is 20.1. The molecule has 0 saturated carbocycles. The van der Waals surface area contributed by atoms with Gasteiger partial charge < -0.3 is 14.7 Å². The first-order valence-corrected chi connectivity index (χ1v) is 9.17. The summed E-state index contributed by atoms with van der Waals surface area (Å²) in [6, 6.07) is 6.01. The van der Waals surface area contributed by atoms with Gasteiger partial charge in [0.15, 0.2) is 0 Å². The van der Waals surface area contributed by atoms with E-state index in [1.54, 1.807) is 0 Å². The van der Waals surface area contributed by atoms with E-state index >= 15 is 0 Å². The van der Waals surface area contributed by atoms with Crippen molar-refractivity contribution in [2.75, 3.05) is 44.2 Å². The second-order valence-electron chi connectivity index (χ2n) is 7.32. The molecule has 1 aromatic carbocycles. The van der Waals surface area contributed by atoms with Crippen molar-refractivity contribution < 1.29 is 9.84 Å². The normalized spacial score (nSPS) is 17.4. The van der Waals surface area contributed by atoms with Crippen molar-refractivity contribution >= 4 is 17.3 Å². The number of aliphatic hydroxyl groups excluding tert-OH is 1. The lowest BCUT2D eigenvalue weighted by molar-refractivity contribution is -0.0632. The summed E-state index contributed by atoms with van der Waals surface area (Å²) in [5.41, 5.74) is 2.05. The van der Waals surface area contributed by atoms with Crippen molar-refractivity contribution in [2.45, 2.75) is 38.9 Å². The molecule has 138 valence electrons. The van der Waals surface area contributed by atoms with E-state index in [2.05, 4.69) is 28.7 Å². The van der Waals surface area contributed by atoms with E-state index in [4.69, 9.17) is 22.8 Å². The van der Waals surface area contributed by atoms with E-state index in [1.165, 1.54) is 11.3 Å². The lowest BCUT2D eigenvalue weighted by Crippen LogP contribution is -2.49. The quantitative estimate of drug-likeness (QED) is 0.754. The highest BCUT2D eigenvalue weighted by atomic mass is 35.5. The lowest BCUT2D eigenvalue weighted by Gasteiger charge is -2.37. The fraction of sp³-hybridized carbons (Fsp3) is 0.600. The second kappa shape index (κ2) is 8.91. The molecule has 1 aliphatic rings. The average molecular weight is 365 g/mol. The van der Waals surface area contributed by atoms with Crippen LogP contribution in [0.15, 0.2) is 18.2 Å². The summed E-state index contributed by atoms with van der Waals surface area (Å²) in [7, 11) is 0. The van der Waals surface area contributed by atoms with Gasteiger partial charge in [-0.1, -0.05) is 17.7 Å². The number of β-amino-alcohol motifs (C(OH)–C–C–N with tert-alkyl or cyclic N) is 1. The Morgan fingerprint density at radius 2 is 2.00 bits per heavy atom. The number of anilines is 1. The first-order chi connectivity index (χ1) is 11.8. The van der Waals surface area contributed by atoms with Crippen molar-refractivity contribution in [2.24, 2.45) is 0 Å². The Morgan fingerprint density at radius 1 is 1.32 bits per heavy atom. The largest absolute Gasteiger partial charge is 0.389 e. The lowest BCUT2D eigenvalue weighted by atomic mass is 10.1. The predicted octanol–water partition coefficient (Wildman–Crippen LogP) is 2.95. The molecule has 0 aliphatic carbocycles. The van der Waals surface area contributed by atoms with E-state index in [0.717, 1.165) is 31.2 Å². The Morgan fingerprint density at radius 3 is 2.64 bits per heavy atom. The highest BCUT2D eigenvalue weighted by Gasteiger charge is 2.23. The molecule has 5 heteroatoms. The number of terminal acetylenes is 1. The minimum atomic E-state index is -0.503. The molecule has 1 atom stereocenters. The highest BCUT2D eigenvalue weighted by molar-refractivity contribution is 6.30. The van der Waals surface area contributed by atoms with Gasteiger partial charge in [0.25, 0.3) is 0 Å². The average Bonchev–Trinajstić information content (AvgIpc) is 2.56. The van der Waals surface area contributed by atoms with Crippen molar-refractivity contribution in [3.8, 4) is 12.3 Å². The molecule has 0 aromatic heterocycles. The number of ether oxygens (including phenoxy) is 1. The SMILES string of the molecule is C#CCC(C)(C)OC[C@H](O)CN1CCN(c2cc(Cl)ccc2C)CC1. The molecule has 2 rings (SSSR count). The van der Waals surface area contributed by atoms with Gasteiger partial charge in [-0.05, 0) is 38.5 Å². The third-order valence-corrected chi connectivity index (χ3v) is 4.78. The Kier molecular flexibility index (Phi) is 7.15. The Labute approximate surface area is 156 Å². The van der Waals surface area contributed by atoms with Gasteiger partial charge in [0.2, 0.25) is 0 Å². The molecule has 0 bridgehead atoms. The minimum absolute atomic E-state index is 0.308. The van der Waals surface area contributed by atoms with Crippen LogP contribution in [0, 0.1) is 19.3 Å². The highest BCUT2D eigenvalue weighted by Crippen LogP contribution is 2.25.